The molecule has 9 heteroatoms. The van der Waals surface area contributed by atoms with Crippen molar-refractivity contribution in [1.82, 2.24) is 4.57 Å². The first-order valence-corrected chi connectivity index (χ1v) is 12.9. The molecule has 1 aromatic carbocycles. The standard InChI is InChI=1S/C24H22Br2N2O4S/c1-5-31-23(30)19-13(4)27-24-28(20(19)15-8-6-14(7-9-15)12(2)3)22(29)18(33-24)11-16-10-17(25)21(26)32-16/h6-12,20H,5H2,1-4H3/b18-11-. The average molecular weight is 594 g/mol. The number of furan rings is 1. The highest BCUT2D eigenvalue weighted by Gasteiger charge is 2.33. The fraction of sp³-hybridized carbons (Fsp3) is 0.292. The molecule has 0 aliphatic carbocycles. The SMILES string of the molecule is CCOC(=O)C1=C(C)N=c2s/c(=C\c3cc(Br)c(Br)o3)c(=O)n2C1c1ccc(C(C)C)cc1. The van der Waals surface area contributed by atoms with Crippen molar-refractivity contribution >= 4 is 55.2 Å². The van der Waals surface area contributed by atoms with Gasteiger partial charge >= 0.3 is 5.97 Å². The van der Waals surface area contributed by atoms with E-state index in [9.17, 15) is 9.59 Å². The zero-order valence-electron chi connectivity index (χ0n) is 18.5. The van der Waals surface area contributed by atoms with Crippen molar-refractivity contribution in [3.05, 3.63) is 87.3 Å². The van der Waals surface area contributed by atoms with Crippen molar-refractivity contribution in [2.45, 2.75) is 39.7 Å². The molecule has 3 aromatic rings. The van der Waals surface area contributed by atoms with Crippen molar-refractivity contribution in [3.8, 4) is 0 Å². The molecule has 1 aliphatic rings. The van der Waals surface area contributed by atoms with Crippen molar-refractivity contribution < 1.29 is 13.9 Å². The van der Waals surface area contributed by atoms with Gasteiger partial charge in [0.25, 0.3) is 5.56 Å². The normalized spacial score (nSPS) is 16.2. The molecule has 0 spiro atoms. The molecule has 0 fully saturated rings. The van der Waals surface area contributed by atoms with Gasteiger partial charge in [0.05, 0.1) is 32.9 Å². The van der Waals surface area contributed by atoms with Gasteiger partial charge in [-0.1, -0.05) is 49.4 Å². The van der Waals surface area contributed by atoms with Gasteiger partial charge in [-0.2, -0.15) is 0 Å². The second-order valence-electron chi connectivity index (χ2n) is 7.89. The Morgan fingerprint density at radius 1 is 1.30 bits per heavy atom. The van der Waals surface area contributed by atoms with Crippen LogP contribution in [0.2, 0.25) is 0 Å². The van der Waals surface area contributed by atoms with Gasteiger partial charge in [0.2, 0.25) is 0 Å². The zero-order chi connectivity index (χ0) is 23.9. The summed E-state index contributed by atoms with van der Waals surface area (Å²) < 4.78 is 14.3. The van der Waals surface area contributed by atoms with E-state index in [-0.39, 0.29) is 12.2 Å². The molecule has 0 radical (unpaired) electrons. The lowest BCUT2D eigenvalue weighted by Gasteiger charge is -2.25. The molecular formula is C24H22Br2N2O4S. The second kappa shape index (κ2) is 9.56. The first-order chi connectivity index (χ1) is 15.7. The maximum atomic E-state index is 13.5. The number of hydrogen-bond donors (Lipinski definition) is 0. The Morgan fingerprint density at radius 2 is 2.00 bits per heavy atom. The van der Waals surface area contributed by atoms with E-state index < -0.39 is 12.0 Å². The van der Waals surface area contributed by atoms with Gasteiger partial charge in [-0.3, -0.25) is 9.36 Å². The zero-order valence-corrected chi connectivity index (χ0v) is 22.5. The lowest BCUT2D eigenvalue weighted by atomic mass is 9.93. The molecule has 0 saturated carbocycles. The Bertz CT molecular complexity index is 1410. The molecule has 172 valence electrons. The van der Waals surface area contributed by atoms with Gasteiger partial charge in [0.1, 0.15) is 5.76 Å². The first kappa shape index (κ1) is 23.9. The molecule has 2 aromatic heterocycles. The molecule has 0 bridgehead atoms. The highest BCUT2D eigenvalue weighted by atomic mass is 79.9. The van der Waals surface area contributed by atoms with Crippen molar-refractivity contribution in [2.75, 3.05) is 6.61 Å². The number of thiazole rings is 1. The van der Waals surface area contributed by atoms with Gasteiger partial charge in [-0.05, 0) is 68.8 Å². The molecule has 0 saturated heterocycles. The van der Waals surface area contributed by atoms with E-state index in [2.05, 4.69) is 50.7 Å². The molecule has 3 heterocycles. The Hall–Kier alpha value is -2.23. The van der Waals surface area contributed by atoms with E-state index in [0.717, 1.165) is 10.0 Å². The predicted molar refractivity (Wildman–Crippen MR) is 135 cm³/mol. The maximum absolute atomic E-state index is 13.5. The van der Waals surface area contributed by atoms with Crippen LogP contribution in [0.5, 0.6) is 0 Å². The van der Waals surface area contributed by atoms with Gasteiger partial charge in [0.15, 0.2) is 9.47 Å². The van der Waals surface area contributed by atoms with Crippen molar-refractivity contribution in [2.24, 2.45) is 4.99 Å². The fourth-order valence-electron chi connectivity index (χ4n) is 3.73. The number of hydrogen-bond acceptors (Lipinski definition) is 6. The number of aromatic nitrogens is 1. The minimum Gasteiger partial charge on any atom is -0.463 e. The first-order valence-electron chi connectivity index (χ1n) is 10.5. The van der Waals surface area contributed by atoms with Crippen LogP contribution in [0.3, 0.4) is 0 Å². The minimum absolute atomic E-state index is 0.237. The smallest absolute Gasteiger partial charge is 0.338 e. The Labute approximate surface area is 211 Å². The lowest BCUT2D eigenvalue weighted by Crippen LogP contribution is -2.39. The molecule has 33 heavy (non-hydrogen) atoms. The number of ether oxygens (including phenoxy) is 1. The Morgan fingerprint density at radius 3 is 2.58 bits per heavy atom. The number of carbonyl (C=O) groups excluding carboxylic acids is 1. The molecule has 1 atom stereocenters. The predicted octanol–water partition coefficient (Wildman–Crippen LogP) is 5.04. The van der Waals surface area contributed by atoms with Gasteiger partial charge < -0.3 is 9.15 Å². The quantitative estimate of drug-likeness (QED) is 0.389. The summed E-state index contributed by atoms with van der Waals surface area (Å²) in [4.78, 5) is 31.6. The number of allylic oxidation sites excluding steroid dienone is 1. The summed E-state index contributed by atoms with van der Waals surface area (Å²) >= 11 is 7.97. The summed E-state index contributed by atoms with van der Waals surface area (Å²) in [6, 6.07) is 9.15. The second-order valence-corrected chi connectivity index (χ2v) is 10.5. The number of benzene rings is 1. The summed E-state index contributed by atoms with van der Waals surface area (Å²) in [6.45, 7) is 8.02. The molecule has 1 aliphatic heterocycles. The number of carbonyl (C=O) groups is 1. The van der Waals surface area contributed by atoms with Crippen molar-refractivity contribution in [3.63, 3.8) is 0 Å². The summed E-state index contributed by atoms with van der Waals surface area (Å²) in [5.74, 6) is 0.429. The van der Waals surface area contributed by atoms with E-state index in [1.54, 1.807) is 30.6 Å². The number of nitrogens with zero attached hydrogens (tertiary/aromatic N) is 2. The van der Waals surface area contributed by atoms with Crippen molar-refractivity contribution in [1.29, 1.82) is 0 Å². The van der Waals surface area contributed by atoms with Crippen LogP contribution in [0, 0.1) is 0 Å². The number of fused-ring (bicyclic) bond motifs is 1. The Kier molecular flexibility index (Phi) is 6.93. The minimum atomic E-state index is -0.626. The van der Waals surface area contributed by atoms with Crippen LogP contribution < -0.4 is 14.9 Å². The summed E-state index contributed by atoms with van der Waals surface area (Å²) in [5.41, 5.74) is 2.68. The lowest BCUT2D eigenvalue weighted by molar-refractivity contribution is -0.139. The van der Waals surface area contributed by atoms with Gasteiger partial charge in [0, 0.05) is 6.08 Å². The van der Waals surface area contributed by atoms with Crippen LogP contribution in [-0.2, 0) is 9.53 Å². The average Bonchev–Trinajstić information content (AvgIpc) is 3.25. The maximum Gasteiger partial charge on any atom is 0.338 e. The number of rotatable bonds is 5. The van der Waals surface area contributed by atoms with E-state index in [0.29, 0.717) is 37.0 Å². The van der Waals surface area contributed by atoms with Crippen LogP contribution in [-0.4, -0.2) is 17.1 Å². The third-order valence-corrected chi connectivity index (χ3v) is 8.07. The van der Waals surface area contributed by atoms with Gasteiger partial charge in [-0.15, -0.1) is 0 Å². The van der Waals surface area contributed by atoms with Crippen LogP contribution in [0.25, 0.3) is 6.08 Å². The van der Waals surface area contributed by atoms with Gasteiger partial charge in [-0.25, -0.2) is 9.79 Å². The van der Waals surface area contributed by atoms with Crippen LogP contribution >= 0.6 is 43.2 Å². The molecular weight excluding hydrogens is 572 g/mol. The summed E-state index contributed by atoms with van der Waals surface area (Å²) in [5, 5.41) is 0. The van der Waals surface area contributed by atoms with E-state index in [1.807, 2.05) is 24.3 Å². The fourth-order valence-corrected chi connectivity index (χ4v) is 5.37. The Balaban J connectivity index is 1.93. The number of esters is 1. The van der Waals surface area contributed by atoms with E-state index in [1.165, 1.54) is 16.9 Å². The third-order valence-electron chi connectivity index (χ3n) is 5.37. The van der Waals surface area contributed by atoms with Crippen LogP contribution in [0.4, 0.5) is 0 Å². The molecule has 0 amide bonds. The highest BCUT2D eigenvalue weighted by molar-refractivity contribution is 9.13. The summed E-state index contributed by atoms with van der Waals surface area (Å²) in [6.07, 6.45) is 1.68. The molecule has 6 nitrogen and oxygen atoms in total. The summed E-state index contributed by atoms with van der Waals surface area (Å²) in [7, 11) is 0. The molecule has 1 unspecified atom stereocenters. The van der Waals surface area contributed by atoms with E-state index in [4.69, 9.17) is 9.15 Å². The third kappa shape index (κ3) is 4.58. The van der Waals surface area contributed by atoms with Crippen LogP contribution in [0.1, 0.15) is 56.5 Å². The topological polar surface area (TPSA) is 73.8 Å². The van der Waals surface area contributed by atoms with Crippen LogP contribution in [0.15, 0.2) is 64.9 Å². The van der Waals surface area contributed by atoms with E-state index >= 15 is 0 Å². The molecule has 0 N–H and O–H groups in total. The molecule has 4 rings (SSSR count). The highest BCUT2D eigenvalue weighted by Crippen LogP contribution is 2.32. The number of halogens is 2. The monoisotopic (exact) mass is 592 g/mol. The largest absolute Gasteiger partial charge is 0.463 e.